The van der Waals surface area contributed by atoms with Crippen molar-refractivity contribution in [3.05, 3.63) is 76.7 Å². The Hall–Kier alpha value is -2.55. The van der Waals surface area contributed by atoms with Crippen molar-refractivity contribution < 1.29 is 13.9 Å². The van der Waals surface area contributed by atoms with Crippen molar-refractivity contribution in [2.45, 2.75) is 39.5 Å². The van der Waals surface area contributed by atoms with E-state index in [2.05, 4.69) is 32.6 Å². The summed E-state index contributed by atoms with van der Waals surface area (Å²) in [5.74, 6) is 0.381. The SMILES string of the molecule is COCC(=O)N(CC(F)CN)C(c1nc(-c2cccc(Br)c2)cn1Cc1ccccc1)C(C)(C)C. The zero-order valence-electron chi connectivity index (χ0n) is 20.7. The van der Waals surface area contributed by atoms with Crippen LogP contribution in [0.4, 0.5) is 4.39 Å². The van der Waals surface area contributed by atoms with Crippen LogP contribution >= 0.6 is 15.9 Å². The molecule has 0 saturated heterocycles. The Morgan fingerprint density at radius 1 is 1.20 bits per heavy atom. The van der Waals surface area contributed by atoms with Gasteiger partial charge in [-0.05, 0) is 23.1 Å². The molecule has 35 heavy (non-hydrogen) atoms. The summed E-state index contributed by atoms with van der Waals surface area (Å²) in [4.78, 5) is 19.8. The Balaban J connectivity index is 2.18. The van der Waals surface area contributed by atoms with Gasteiger partial charge in [-0.25, -0.2) is 9.37 Å². The number of methoxy groups -OCH3 is 1. The van der Waals surface area contributed by atoms with E-state index in [1.165, 1.54) is 12.0 Å². The number of halogens is 2. The Kier molecular flexibility index (Phi) is 9.21. The van der Waals surface area contributed by atoms with Gasteiger partial charge >= 0.3 is 0 Å². The number of imidazole rings is 1. The largest absolute Gasteiger partial charge is 0.375 e. The number of ether oxygens (including phenoxy) is 1. The average Bonchev–Trinajstić information content (AvgIpc) is 3.21. The summed E-state index contributed by atoms with van der Waals surface area (Å²) >= 11 is 3.54. The second-order valence-corrected chi connectivity index (χ2v) is 10.6. The maximum Gasteiger partial charge on any atom is 0.249 e. The number of benzene rings is 2. The molecule has 0 aliphatic carbocycles. The number of nitrogens with zero attached hydrogens (tertiary/aromatic N) is 3. The lowest BCUT2D eigenvalue weighted by Gasteiger charge is -2.40. The van der Waals surface area contributed by atoms with Gasteiger partial charge in [-0.15, -0.1) is 0 Å². The van der Waals surface area contributed by atoms with Crippen LogP contribution in [0, 0.1) is 5.41 Å². The average molecular weight is 545 g/mol. The molecule has 0 bridgehead atoms. The van der Waals surface area contributed by atoms with Crippen molar-refractivity contribution in [2.75, 3.05) is 26.8 Å². The molecule has 2 atom stereocenters. The number of amides is 1. The van der Waals surface area contributed by atoms with Gasteiger partial charge in [0.15, 0.2) is 0 Å². The molecule has 2 N–H and O–H groups in total. The van der Waals surface area contributed by atoms with E-state index in [1.807, 2.05) is 69.4 Å². The summed E-state index contributed by atoms with van der Waals surface area (Å²) in [7, 11) is 1.46. The highest BCUT2D eigenvalue weighted by molar-refractivity contribution is 9.10. The molecule has 1 amide bonds. The molecule has 0 fully saturated rings. The lowest BCUT2D eigenvalue weighted by atomic mass is 9.84. The molecular formula is C27H34BrFN4O2. The predicted molar refractivity (Wildman–Crippen MR) is 141 cm³/mol. The number of rotatable bonds is 10. The normalized spacial score (nSPS) is 13.5. The molecule has 2 unspecified atom stereocenters. The maximum atomic E-state index is 14.6. The fraction of sp³-hybridized carbons (Fsp3) is 0.407. The van der Waals surface area contributed by atoms with Gasteiger partial charge in [0.05, 0.1) is 18.3 Å². The summed E-state index contributed by atoms with van der Waals surface area (Å²) < 4.78 is 22.8. The number of carbonyl (C=O) groups is 1. The first-order chi connectivity index (χ1) is 16.6. The highest BCUT2D eigenvalue weighted by Crippen LogP contribution is 2.39. The summed E-state index contributed by atoms with van der Waals surface area (Å²) in [6.45, 7) is 6.19. The summed E-state index contributed by atoms with van der Waals surface area (Å²) in [6.07, 6.45) is 0.639. The Bertz CT molecular complexity index is 1110. The minimum absolute atomic E-state index is 0.134. The third-order valence-corrected chi connectivity index (χ3v) is 6.23. The maximum absolute atomic E-state index is 14.6. The summed E-state index contributed by atoms with van der Waals surface area (Å²) in [6, 6.07) is 17.5. The number of nitrogens with two attached hydrogens (primary N) is 1. The van der Waals surface area contributed by atoms with E-state index in [0.29, 0.717) is 12.4 Å². The smallest absolute Gasteiger partial charge is 0.249 e. The van der Waals surface area contributed by atoms with Gasteiger partial charge in [0, 0.05) is 36.4 Å². The van der Waals surface area contributed by atoms with E-state index < -0.39 is 17.6 Å². The first-order valence-electron chi connectivity index (χ1n) is 11.6. The van der Waals surface area contributed by atoms with Crippen LogP contribution < -0.4 is 5.73 Å². The van der Waals surface area contributed by atoms with Gasteiger partial charge in [0.25, 0.3) is 0 Å². The first kappa shape index (κ1) is 27.0. The first-order valence-corrected chi connectivity index (χ1v) is 12.4. The molecular weight excluding hydrogens is 511 g/mol. The predicted octanol–water partition coefficient (Wildman–Crippen LogP) is 5.22. The molecule has 3 rings (SSSR count). The van der Waals surface area contributed by atoms with Crippen molar-refractivity contribution in [1.29, 1.82) is 0 Å². The van der Waals surface area contributed by atoms with Crippen LogP contribution in [0.2, 0.25) is 0 Å². The lowest BCUT2D eigenvalue weighted by Crippen LogP contribution is -2.47. The quantitative estimate of drug-likeness (QED) is 0.379. The number of hydrogen-bond acceptors (Lipinski definition) is 4. The van der Waals surface area contributed by atoms with Crippen molar-refractivity contribution >= 4 is 21.8 Å². The zero-order valence-corrected chi connectivity index (χ0v) is 22.3. The second kappa shape index (κ2) is 11.9. The highest BCUT2D eigenvalue weighted by atomic mass is 79.9. The van der Waals surface area contributed by atoms with Crippen molar-refractivity contribution in [3.63, 3.8) is 0 Å². The molecule has 6 nitrogen and oxygen atoms in total. The number of alkyl halides is 1. The van der Waals surface area contributed by atoms with E-state index in [-0.39, 0.29) is 25.6 Å². The van der Waals surface area contributed by atoms with Gasteiger partial charge in [-0.2, -0.15) is 0 Å². The molecule has 3 aromatic rings. The fourth-order valence-electron chi connectivity index (χ4n) is 4.18. The van der Waals surface area contributed by atoms with E-state index in [9.17, 15) is 9.18 Å². The van der Waals surface area contributed by atoms with Gasteiger partial charge in [-0.3, -0.25) is 4.79 Å². The molecule has 0 aliphatic rings. The molecule has 0 saturated carbocycles. The molecule has 0 radical (unpaired) electrons. The van der Waals surface area contributed by atoms with Crippen LogP contribution in [0.1, 0.15) is 38.2 Å². The van der Waals surface area contributed by atoms with Crippen LogP contribution in [-0.4, -0.2) is 53.3 Å². The minimum atomic E-state index is -1.36. The summed E-state index contributed by atoms with van der Waals surface area (Å²) in [5.41, 5.74) is 7.97. The second-order valence-electron chi connectivity index (χ2n) is 9.69. The number of carbonyl (C=O) groups excluding carboxylic acids is 1. The standard InChI is InChI=1S/C27H34BrFN4O2/c1-27(2,3)25(33(16-22(29)14-30)24(34)18-35-4)26-31-23(20-11-8-12-21(28)13-20)17-32(26)15-19-9-6-5-7-10-19/h5-13,17,22,25H,14-16,18,30H2,1-4H3. The van der Waals surface area contributed by atoms with Gasteiger partial charge in [0.1, 0.15) is 18.6 Å². The van der Waals surface area contributed by atoms with Crippen molar-refractivity contribution in [2.24, 2.45) is 11.1 Å². The third-order valence-electron chi connectivity index (χ3n) is 5.74. The molecule has 0 aliphatic heterocycles. The van der Waals surface area contributed by atoms with E-state index in [4.69, 9.17) is 15.5 Å². The zero-order chi connectivity index (χ0) is 25.6. The van der Waals surface area contributed by atoms with E-state index in [1.54, 1.807) is 0 Å². The molecule has 1 heterocycles. The van der Waals surface area contributed by atoms with E-state index >= 15 is 0 Å². The third kappa shape index (κ3) is 6.99. The molecule has 8 heteroatoms. The molecule has 188 valence electrons. The number of aromatic nitrogens is 2. The lowest BCUT2D eigenvalue weighted by molar-refractivity contribution is -0.141. The highest BCUT2D eigenvalue weighted by Gasteiger charge is 2.39. The van der Waals surface area contributed by atoms with Crippen molar-refractivity contribution in [1.82, 2.24) is 14.5 Å². The molecule has 2 aromatic carbocycles. The fourth-order valence-corrected chi connectivity index (χ4v) is 4.58. The van der Waals surface area contributed by atoms with Gasteiger partial charge < -0.3 is 19.9 Å². The van der Waals surface area contributed by atoms with E-state index in [0.717, 1.165) is 21.3 Å². The molecule has 0 spiro atoms. The molecule has 1 aromatic heterocycles. The van der Waals surface area contributed by atoms with Crippen molar-refractivity contribution in [3.8, 4) is 11.3 Å². The van der Waals surface area contributed by atoms with Crippen LogP contribution in [0.15, 0.2) is 65.3 Å². The van der Waals surface area contributed by atoms with Crippen LogP contribution in [0.3, 0.4) is 0 Å². The number of hydrogen-bond donors (Lipinski definition) is 1. The monoisotopic (exact) mass is 544 g/mol. The Morgan fingerprint density at radius 3 is 2.51 bits per heavy atom. The van der Waals surface area contributed by atoms with Crippen LogP contribution in [-0.2, 0) is 16.1 Å². The minimum Gasteiger partial charge on any atom is -0.375 e. The van der Waals surface area contributed by atoms with Gasteiger partial charge in [-0.1, -0.05) is 79.2 Å². The van der Waals surface area contributed by atoms with Gasteiger partial charge in [0.2, 0.25) is 5.91 Å². The Morgan fingerprint density at radius 2 is 1.91 bits per heavy atom. The topological polar surface area (TPSA) is 73.4 Å². The van der Waals surface area contributed by atoms with Crippen LogP contribution in [0.5, 0.6) is 0 Å². The van der Waals surface area contributed by atoms with Crippen LogP contribution in [0.25, 0.3) is 11.3 Å². The Labute approximate surface area is 215 Å². The summed E-state index contributed by atoms with van der Waals surface area (Å²) in [5, 5.41) is 0.